The Morgan fingerprint density at radius 3 is 2.74 bits per heavy atom. The van der Waals surface area contributed by atoms with E-state index in [9.17, 15) is 8.42 Å². The van der Waals surface area contributed by atoms with Gasteiger partial charge in [-0.25, -0.2) is 8.42 Å². The Labute approximate surface area is 158 Å². The van der Waals surface area contributed by atoms with Crippen molar-refractivity contribution in [1.29, 1.82) is 0 Å². The Morgan fingerprint density at radius 1 is 1.19 bits per heavy atom. The van der Waals surface area contributed by atoms with E-state index in [1.165, 1.54) is 4.68 Å². The van der Waals surface area contributed by atoms with Crippen molar-refractivity contribution in [3.8, 4) is 5.69 Å². The molecule has 1 aromatic heterocycles. The van der Waals surface area contributed by atoms with E-state index in [0.29, 0.717) is 12.1 Å². The smallest absolute Gasteiger partial charge is 0.272 e. The monoisotopic (exact) mass is 392 g/mol. The van der Waals surface area contributed by atoms with E-state index < -0.39 is 15.6 Å². The zero-order valence-corrected chi connectivity index (χ0v) is 16.1. The van der Waals surface area contributed by atoms with E-state index in [1.54, 1.807) is 12.1 Å². The van der Waals surface area contributed by atoms with E-state index in [1.807, 2.05) is 18.2 Å². The van der Waals surface area contributed by atoms with Crippen LogP contribution in [0.4, 0.5) is 0 Å². The fourth-order valence-corrected chi connectivity index (χ4v) is 5.21. The molecule has 146 valence electrons. The summed E-state index contributed by atoms with van der Waals surface area (Å²) in [5.41, 5.74) is 0.613. The average molecular weight is 392 g/mol. The molecule has 3 atom stereocenters. The molecule has 2 aliphatic rings. The van der Waals surface area contributed by atoms with E-state index >= 15 is 0 Å². The largest absolute Gasteiger partial charge is 0.347 e. The summed E-state index contributed by atoms with van der Waals surface area (Å²) >= 11 is 0. The van der Waals surface area contributed by atoms with E-state index in [-0.39, 0.29) is 23.1 Å². The third kappa shape index (κ3) is 3.90. The Bertz CT molecular complexity index is 882. The van der Waals surface area contributed by atoms with Crippen LogP contribution in [0.2, 0.25) is 0 Å². The van der Waals surface area contributed by atoms with Crippen LogP contribution in [0.3, 0.4) is 0 Å². The summed E-state index contributed by atoms with van der Waals surface area (Å²) < 4.78 is 39.1. The molecule has 0 saturated carbocycles. The first-order valence-corrected chi connectivity index (χ1v) is 11.0. The maximum Gasteiger partial charge on any atom is 0.272 e. The summed E-state index contributed by atoms with van der Waals surface area (Å²) in [5, 5.41) is 11.0. The van der Waals surface area contributed by atoms with Crippen LogP contribution in [0.15, 0.2) is 35.5 Å². The Hall–Kier alpha value is -1.84. The lowest BCUT2D eigenvalue weighted by Gasteiger charge is -2.38. The van der Waals surface area contributed by atoms with Gasteiger partial charge in [0.2, 0.25) is 9.84 Å². The third-order valence-corrected chi connectivity index (χ3v) is 6.83. The second-order valence-electron chi connectivity index (χ2n) is 7.33. The van der Waals surface area contributed by atoms with Crippen molar-refractivity contribution in [2.75, 3.05) is 5.75 Å². The van der Waals surface area contributed by atoms with Gasteiger partial charge in [-0.05, 0) is 55.2 Å². The van der Waals surface area contributed by atoms with Gasteiger partial charge in [0, 0.05) is 12.8 Å². The van der Waals surface area contributed by atoms with Gasteiger partial charge < -0.3 is 9.47 Å². The lowest BCUT2D eigenvalue weighted by atomic mass is 9.97. The van der Waals surface area contributed by atoms with E-state index in [0.717, 1.165) is 32.1 Å². The van der Waals surface area contributed by atoms with Crippen molar-refractivity contribution < 1.29 is 17.9 Å². The van der Waals surface area contributed by atoms with Crippen molar-refractivity contribution in [3.63, 3.8) is 0 Å². The zero-order chi connectivity index (χ0) is 18.9. The first kappa shape index (κ1) is 18.5. The van der Waals surface area contributed by atoms with E-state index in [4.69, 9.17) is 9.47 Å². The molecule has 4 rings (SSSR count). The standard InChI is InChI=1S/C18H24N4O4S/c1-14-9-12-18(25-14)11-5-8-16(26-18)10-13-27(23,24)17-19-20-21-22(17)15-6-3-2-4-7-15/h2-4,6-7,14,16H,5,8-13H2,1H3/t14-,16-,18-/m1/s1. The topological polar surface area (TPSA) is 96.2 Å². The maximum absolute atomic E-state index is 12.8. The molecule has 0 amide bonds. The van der Waals surface area contributed by atoms with Crippen LogP contribution in [0.25, 0.3) is 5.69 Å². The lowest BCUT2D eigenvalue weighted by Crippen LogP contribution is -2.41. The molecule has 2 aliphatic heterocycles. The zero-order valence-electron chi connectivity index (χ0n) is 15.3. The molecule has 9 heteroatoms. The normalized spacial score (nSPS) is 28.6. The van der Waals surface area contributed by atoms with Crippen LogP contribution < -0.4 is 0 Å². The number of hydrogen-bond donors (Lipinski definition) is 0. The molecule has 1 spiro atoms. The molecule has 2 fully saturated rings. The molecule has 1 aromatic carbocycles. The Kier molecular flexibility index (Phi) is 5.00. The molecule has 8 nitrogen and oxygen atoms in total. The van der Waals surface area contributed by atoms with Crippen molar-refractivity contribution in [3.05, 3.63) is 30.3 Å². The van der Waals surface area contributed by atoms with Crippen LogP contribution >= 0.6 is 0 Å². The number of rotatable bonds is 5. The summed E-state index contributed by atoms with van der Waals surface area (Å²) in [7, 11) is -3.63. The minimum absolute atomic E-state index is 0.0590. The van der Waals surface area contributed by atoms with Gasteiger partial charge in [0.25, 0.3) is 5.16 Å². The molecule has 27 heavy (non-hydrogen) atoms. The minimum atomic E-state index is -3.63. The van der Waals surface area contributed by atoms with Gasteiger partial charge in [-0.3, -0.25) is 0 Å². The minimum Gasteiger partial charge on any atom is -0.347 e. The molecule has 2 aromatic rings. The predicted molar refractivity (Wildman–Crippen MR) is 97.1 cm³/mol. The van der Waals surface area contributed by atoms with Crippen molar-refractivity contribution in [2.45, 2.75) is 68.6 Å². The number of nitrogens with zero attached hydrogens (tertiary/aromatic N) is 4. The summed E-state index contributed by atoms with van der Waals surface area (Å²) in [6.45, 7) is 2.05. The van der Waals surface area contributed by atoms with Crippen LogP contribution in [0, 0.1) is 0 Å². The number of para-hydroxylation sites is 1. The summed E-state index contributed by atoms with van der Waals surface area (Å²) in [6, 6.07) is 9.00. The highest BCUT2D eigenvalue weighted by atomic mass is 32.2. The van der Waals surface area contributed by atoms with Crippen LogP contribution in [-0.4, -0.2) is 52.4 Å². The van der Waals surface area contributed by atoms with Gasteiger partial charge >= 0.3 is 0 Å². The highest BCUT2D eigenvalue weighted by molar-refractivity contribution is 7.91. The van der Waals surface area contributed by atoms with Crippen molar-refractivity contribution in [2.24, 2.45) is 0 Å². The first-order chi connectivity index (χ1) is 13.0. The molecule has 0 aliphatic carbocycles. The van der Waals surface area contributed by atoms with Crippen LogP contribution in [0.1, 0.15) is 45.4 Å². The summed E-state index contributed by atoms with van der Waals surface area (Å²) in [4.78, 5) is 0. The highest BCUT2D eigenvalue weighted by Gasteiger charge is 2.43. The number of hydrogen-bond acceptors (Lipinski definition) is 7. The SMILES string of the molecule is C[C@@H]1CC[C@]2(CCC[C@H](CCS(=O)(=O)c3nnnn3-c3ccccc3)O2)O1. The van der Waals surface area contributed by atoms with Gasteiger partial charge in [-0.15, -0.1) is 0 Å². The fraction of sp³-hybridized carbons (Fsp3) is 0.611. The Morgan fingerprint density at radius 2 is 2.00 bits per heavy atom. The number of aromatic nitrogens is 4. The average Bonchev–Trinajstić information content (AvgIpc) is 3.29. The fourth-order valence-electron chi connectivity index (χ4n) is 3.88. The number of sulfone groups is 1. The van der Waals surface area contributed by atoms with Gasteiger partial charge in [0.05, 0.1) is 23.6 Å². The first-order valence-electron chi connectivity index (χ1n) is 9.40. The number of ether oxygens (including phenoxy) is 2. The predicted octanol–water partition coefficient (Wildman–Crippen LogP) is 2.29. The van der Waals surface area contributed by atoms with Crippen LogP contribution in [-0.2, 0) is 19.3 Å². The molecule has 0 bridgehead atoms. The third-order valence-electron chi connectivity index (χ3n) is 5.24. The second kappa shape index (κ2) is 7.29. The molecule has 2 saturated heterocycles. The molecule has 0 unspecified atom stereocenters. The molecular weight excluding hydrogens is 368 g/mol. The number of tetrazole rings is 1. The quantitative estimate of drug-likeness (QED) is 0.770. The maximum atomic E-state index is 12.8. The number of benzene rings is 1. The van der Waals surface area contributed by atoms with Crippen molar-refractivity contribution >= 4 is 9.84 Å². The highest BCUT2D eigenvalue weighted by Crippen LogP contribution is 2.41. The van der Waals surface area contributed by atoms with Crippen molar-refractivity contribution in [1.82, 2.24) is 20.2 Å². The molecule has 0 radical (unpaired) electrons. The van der Waals surface area contributed by atoms with Crippen LogP contribution in [0.5, 0.6) is 0 Å². The van der Waals surface area contributed by atoms with E-state index in [2.05, 4.69) is 22.4 Å². The summed E-state index contributed by atoms with van der Waals surface area (Å²) in [5.74, 6) is -0.575. The molecular formula is C18H24N4O4S. The van der Waals surface area contributed by atoms with Gasteiger partial charge in [0.15, 0.2) is 5.79 Å². The molecule has 3 heterocycles. The lowest BCUT2D eigenvalue weighted by molar-refractivity contribution is -0.268. The van der Waals surface area contributed by atoms with Gasteiger partial charge in [0.1, 0.15) is 0 Å². The Balaban J connectivity index is 1.45. The second-order valence-corrected chi connectivity index (χ2v) is 9.33. The van der Waals surface area contributed by atoms with Gasteiger partial charge in [-0.2, -0.15) is 4.68 Å². The summed E-state index contributed by atoms with van der Waals surface area (Å²) in [6.07, 6.45) is 5.05. The molecule has 0 N–H and O–H groups in total. The van der Waals surface area contributed by atoms with Gasteiger partial charge in [-0.1, -0.05) is 23.3 Å².